The molecular formula is C22H19BrFN3O3. The van der Waals surface area contributed by atoms with Gasteiger partial charge in [-0.05, 0) is 51.8 Å². The lowest BCUT2D eigenvalue weighted by molar-refractivity contribution is -0.134. The van der Waals surface area contributed by atoms with E-state index in [1.807, 2.05) is 24.3 Å². The monoisotopic (exact) mass is 471 g/mol. The summed E-state index contributed by atoms with van der Waals surface area (Å²) in [7, 11) is 0. The van der Waals surface area contributed by atoms with Gasteiger partial charge in [-0.3, -0.25) is 4.79 Å². The normalized spacial score (nSPS) is 16.9. The largest absolute Gasteiger partial charge is 0.474 e. The highest BCUT2D eigenvalue weighted by Crippen LogP contribution is 2.21. The van der Waals surface area contributed by atoms with Crippen molar-refractivity contribution in [3.05, 3.63) is 70.7 Å². The van der Waals surface area contributed by atoms with Crippen LogP contribution in [0.1, 0.15) is 5.56 Å². The number of rotatable bonds is 5. The first kappa shape index (κ1) is 20.4. The van der Waals surface area contributed by atoms with E-state index in [1.165, 1.54) is 18.5 Å². The number of morpholine rings is 1. The number of halogens is 2. The van der Waals surface area contributed by atoms with Crippen LogP contribution in [0.3, 0.4) is 0 Å². The maximum absolute atomic E-state index is 13.3. The van der Waals surface area contributed by atoms with Gasteiger partial charge in [0, 0.05) is 12.6 Å². The number of hydrogen-bond donors (Lipinski definition) is 0. The molecule has 1 aliphatic rings. The summed E-state index contributed by atoms with van der Waals surface area (Å²) in [6, 6.07) is 12.2. The molecule has 1 unspecified atom stereocenters. The minimum absolute atomic E-state index is 0.128. The number of ether oxygens (including phenoxy) is 2. The van der Waals surface area contributed by atoms with Crippen LogP contribution in [0.15, 0.2) is 59.3 Å². The van der Waals surface area contributed by atoms with Gasteiger partial charge in [0.1, 0.15) is 24.9 Å². The Balaban J connectivity index is 1.36. The van der Waals surface area contributed by atoms with Crippen LogP contribution >= 0.6 is 15.9 Å². The first-order valence-electron chi connectivity index (χ1n) is 9.46. The van der Waals surface area contributed by atoms with Crippen molar-refractivity contribution >= 4 is 38.8 Å². The number of nitrogens with zero attached hydrogens (tertiary/aromatic N) is 3. The third-order valence-corrected chi connectivity index (χ3v) is 5.33. The third-order valence-electron chi connectivity index (χ3n) is 4.72. The van der Waals surface area contributed by atoms with Gasteiger partial charge in [0.05, 0.1) is 28.5 Å². The number of para-hydroxylation sites is 1. The summed E-state index contributed by atoms with van der Waals surface area (Å²) in [5.74, 6) is 0.0247. The van der Waals surface area contributed by atoms with Crippen molar-refractivity contribution in [2.75, 3.05) is 26.3 Å². The van der Waals surface area contributed by atoms with Crippen LogP contribution in [0.4, 0.5) is 4.39 Å². The molecule has 0 spiro atoms. The zero-order valence-corrected chi connectivity index (χ0v) is 17.6. The average molecular weight is 472 g/mol. The smallest absolute Gasteiger partial charge is 0.246 e. The quantitative estimate of drug-likeness (QED) is 0.528. The molecule has 0 saturated carbocycles. The number of fused-ring (bicyclic) bond motifs is 1. The second kappa shape index (κ2) is 9.32. The standard InChI is InChI=1S/C22H19BrFN3O3/c23-18-11-15(5-7-19(18)24)6-8-21(28)27-9-10-29-16(12-27)13-30-22-17-3-1-2-4-20(17)25-14-26-22/h1-8,11,14,16H,9-10,12-13H2. The van der Waals surface area contributed by atoms with Crippen LogP contribution < -0.4 is 4.74 Å². The van der Waals surface area contributed by atoms with Crippen molar-refractivity contribution < 1.29 is 18.7 Å². The SMILES string of the molecule is O=C(C=Cc1ccc(F)c(Br)c1)N1CCOC(COc2ncnc3ccccc23)C1. The summed E-state index contributed by atoms with van der Waals surface area (Å²) in [4.78, 5) is 22.7. The summed E-state index contributed by atoms with van der Waals surface area (Å²) in [6.45, 7) is 1.63. The number of hydrogen-bond acceptors (Lipinski definition) is 5. The molecule has 8 heteroatoms. The zero-order valence-electron chi connectivity index (χ0n) is 16.0. The molecule has 4 rings (SSSR count). The molecule has 2 heterocycles. The van der Waals surface area contributed by atoms with E-state index in [-0.39, 0.29) is 24.4 Å². The Kier molecular flexibility index (Phi) is 6.35. The molecule has 0 aliphatic carbocycles. The van der Waals surface area contributed by atoms with Gasteiger partial charge < -0.3 is 14.4 Å². The highest BCUT2D eigenvalue weighted by molar-refractivity contribution is 9.10. The molecule has 0 N–H and O–H groups in total. The topological polar surface area (TPSA) is 64.6 Å². The fourth-order valence-electron chi connectivity index (χ4n) is 3.18. The first-order chi connectivity index (χ1) is 14.6. The Labute approximate surface area is 181 Å². The predicted molar refractivity (Wildman–Crippen MR) is 114 cm³/mol. The average Bonchev–Trinajstić information content (AvgIpc) is 2.78. The zero-order chi connectivity index (χ0) is 20.9. The van der Waals surface area contributed by atoms with E-state index < -0.39 is 0 Å². The van der Waals surface area contributed by atoms with Crippen molar-refractivity contribution in [1.29, 1.82) is 0 Å². The molecule has 1 saturated heterocycles. The number of amides is 1. The van der Waals surface area contributed by atoms with Gasteiger partial charge in [0.15, 0.2) is 0 Å². The van der Waals surface area contributed by atoms with Crippen LogP contribution in [0.25, 0.3) is 17.0 Å². The van der Waals surface area contributed by atoms with E-state index in [1.54, 1.807) is 23.1 Å². The first-order valence-corrected chi connectivity index (χ1v) is 10.3. The van der Waals surface area contributed by atoms with Gasteiger partial charge >= 0.3 is 0 Å². The van der Waals surface area contributed by atoms with E-state index in [0.29, 0.717) is 30.0 Å². The fraction of sp³-hybridized carbons (Fsp3) is 0.227. The van der Waals surface area contributed by atoms with Crippen LogP contribution in [-0.2, 0) is 9.53 Å². The van der Waals surface area contributed by atoms with E-state index in [9.17, 15) is 9.18 Å². The molecule has 1 aliphatic heterocycles. The third kappa shape index (κ3) is 4.83. The lowest BCUT2D eigenvalue weighted by Gasteiger charge is -2.32. The highest BCUT2D eigenvalue weighted by Gasteiger charge is 2.24. The Morgan fingerprint density at radius 3 is 3.03 bits per heavy atom. The molecule has 1 fully saturated rings. The van der Waals surface area contributed by atoms with E-state index in [2.05, 4.69) is 25.9 Å². The van der Waals surface area contributed by atoms with Crippen molar-refractivity contribution in [3.8, 4) is 5.88 Å². The molecule has 1 atom stereocenters. The van der Waals surface area contributed by atoms with Gasteiger partial charge in [0.25, 0.3) is 0 Å². The molecule has 30 heavy (non-hydrogen) atoms. The highest BCUT2D eigenvalue weighted by atomic mass is 79.9. The maximum Gasteiger partial charge on any atom is 0.246 e. The molecule has 0 bridgehead atoms. The Bertz CT molecular complexity index is 1090. The van der Waals surface area contributed by atoms with Gasteiger partial charge in [0.2, 0.25) is 11.8 Å². The second-order valence-electron chi connectivity index (χ2n) is 6.79. The minimum Gasteiger partial charge on any atom is -0.474 e. The summed E-state index contributed by atoms with van der Waals surface area (Å²) in [6.07, 6.45) is 4.36. The van der Waals surface area contributed by atoms with E-state index >= 15 is 0 Å². The molecule has 1 amide bonds. The molecule has 3 aromatic rings. The summed E-state index contributed by atoms with van der Waals surface area (Å²) >= 11 is 3.15. The number of aromatic nitrogens is 2. The lowest BCUT2D eigenvalue weighted by Crippen LogP contribution is -2.47. The van der Waals surface area contributed by atoms with E-state index in [4.69, 9.17) is 9.47 Å². The van der Waals surface area contributed by atoms with Crippen LogP contribution in [0.5, 0.6) is 5.88 Å². The number of carbonyl (C=O) groups is 1. The molecule has 1 aromatic heterocycles. The Hall–Kier alpha value is -2.84. The molecular weight excluding hydrogens is 453 g/mol. The van der Waals surface area contributed by atoms with Crippen LogP contribution in [0.2, 0.25) is 0 Å². The second-order valence-corrected chi connectivity index (χ2v) is 7.65. The van der Waals surface area contributed by atoms with Gasteiger partial charge in [-0.15, -0.1) is 0 Å². The van der Waals surface area contributed by atoms with Gasteiger partial charge in [-0.2, -0.15) is 0 Å². The van der Waals surface area contributed by atoms with Crippen LogP contribution in [-0.4, -0.2) is 53.2 Å². The van der Waals surface area contributed by atoms with Crippen LogP contribution in [0, 0.1) is 5.82 Å². The van der Waals surface area contributed by atoms with Gasteiger partial charge in [-0.1, -0.05) is 18.2 Å². The molecule has 154 valence electrons. The Morgan fingerprint density at radius 1 is 1.30 bits per heavy atom. The van der Waals surface area contributed by atoms with Crippen molar-refractivity contribution in [2.24, 2.45) is 0 Å². The van der Waals surface area contributed by atoms with Gasteiger partial charge in [-0.25, -0.2) is 14.4 Å². The summed E-state index contributed by atoms with van der Waals surface area (Å²) in [5.41, 5.74) is 1.54. The summed E-state index contributed by atoms with van der Waals surface area (Å²) in [5, 5.41) is 0.831. The number of benzene rings is 2. The summed E-state index contributed by atoms with van der Waals surface area (Å²) < 4.78 is 25.3. The lowest BCUT2D eigenvalue weighted by atomic mass is 10.2. The van der Waals surface area contributed by atoms with Crippen molar-refractivity contribution in [3.63, 3.8) is 0 Å². The minimum atomic E-state index is -0.342. The maximum atomic E-state index is 13.3. The van der Waals surface area contributed by atoms with Crippen molar-refractivity contribution in [2.45, 2.75) is 6.10 Å². The molecule has 0 radical (unpaired) electrons. The Morgan fingerprint density at radius 2 is 2.17 bits per heavy atom. The fourth-order valence-corrected chi connectivity index (χ4v) is 3.57. The molecule has 6 nitrogen and oxygen atoms in total. The molecule has 2 aromatic carbocycles. The van der Waals surface area contributed by atoms with E-state index in [0.717, 1.165) is 16.5 Å². The number of carbonyl (C=O) groups excluding carboxylic acids is 1. The van der Waals surface area contributed by atoms with Crippen molar-refractivity contribution in [1.82, 2.24) is 14.9 Å². The predicted octanol–water partition coefficient (Wildman–Crippen LogP) is 3.85.